The quantitative estimate of drug-likeness (QED) is 0.357. The summed E-state index contributed by atoms with van der Waals surface area (Å²) >= 11 is 12.6. The lowest BCUT2D eigenvalue weighted by molar-refractivity contribution is -0.139. The fraction of sp³-hybridized carbons (Fsp3) is 0.364. The van der Waals surface area contributed by atoms with Crippen LogP contribution in [0.25, 0.3) is 0 Å². The zero-order valence-electron chi connectivity index (χ0n) is 17.0. The predicted octanol–water partition coefficient (Wildman–Crippen LogP) is 5.41. The van der Waals surface area contributed by atoms with Crippen LogP contribution in [0, 0.1) is 0 Å². The van der Waals surface area contributed by atoms with Gasteiger partial charge in [-0.3, -0.25) is 4.79 Å². The van der Waals surface area contributed by atoms with Crippen molar-refractivity contribution in [1.82, 2.24) is 11.5 Å². The molecule has 2 rings (SSSR count). The lowest BCUT2D eigenvalue weighted by atomic mass is 10.0. The first-order chi connectivity index (χ1) is 13.8. The van der Waals surface area contributed by atoms with E-state index in [4.69, 9.17) is 23.2 Å². The van der Waals surface area contributed by atoms with Crippen molar-refractivity contribution < 1.29 is 19.8 Å². The van der Waals surface area contributed by atoms with Crippen LogP contribution in [0.4, 0.5) is 0 Å². The Kier molecular flexibility index (Phi) is 10.7. The normalized spacial score (nSPS) is 11.4. The highest BCUT2D eigenvalue weighted by atomic mass is 35.5. The van der Waals surface area contributed by atoms with E-state index in [1.54, 1.807) is 24.3 Å². The molecule has 0 aliphatic rings. The maximum atomic E-state index is 12.6. The number of benzene rings is 2. The van der Waals surface area contributed by atoms with Gasteiger partial charge in [0, 0.05) is 11.4 Å². The summed E-state index contributed by atoms with van der Waals surface area (Å²) in [5.74, 6) is -2.30. The summed E-state index contributed by atoms with van der Waals surface area (Å²) in [6.45, 7) is 2.11. The zero-order valence-corrected chi connectivity index (χ0v) is 18.5. The Morgan fingerprint density at radius 3 is 2.37 bits per heavy atom. The molecular weight excluding hydrogens is 427 g/mol. The summed E-state index contributed by atoms with van der Waals surface area (Å²) in [7, 11) is 0. The average molecular weight is 455 g/mol. The molecule has 1 atom stereocenters. The second-order valence-corrected chi connectivity index (χ2v) is 7.70. The molecule has 164 valence electrons. The number of amides is 1. The van der Waals surface area contributed by atoms with E-state index in [-0.39, 0.29) is 33.9 Å². The Bertz CT molecular complexity index is 860. The molecule has 0 saturated heterocycles. The third-order valence-corrected chi connectivity index (χ3v) is 5.44. The average Bonchev–Trinajstić information content (AvgIpc) is 2.70. The first-order valence-corrected chi connectivity index (χ1v) is 10.4. The largest absolute Gasteiger partial charge is 0.506 e. The SMILES string of the molecule is CCCCCCc1c(Cl)cc(C(=O)N[C@@H](Cc2ccccc2)C(=O)O)c(O)c1Cl.N. The molecule has 8 heteroatoms. The number of phenols is 1. The molecule has 0 aromatic heterocycles. The molecule has 0 aliphatic carbocycles. The number of halogens is 2. The van der Waals surface area contributed by atoms with Gasteiger partial charge in [-0.15, -0.1) is 0 Å². The van der Waals surface area contributed by atoms with Crippen molar-refractivity contribution in [3.63, 3.8) is 0 Å². The molecule has 6 nitrogen and oxygen atoms in total. The number of hydrogen-bond acceptors (Lipinski definition) is 4. The Morgan fingerprint density at radius 2 is 1.77 bits per heavy atom. The van der Waals surface area contributed by atoms with Crippen LogP contribution >= 0.6 is 23.2 Å². The number of carbonyl (C=O) groups excluding carboxylic acids is 1. The molecule has 0 bridgehead atoms. The molecule has 2 aromatic rings. The third-order valence-electron chi connectivity index (χ3n) is 4.70. The van der Waals surface area contributed by atoms with Gasteiger partial charge in [0.1, 0.15) is 11.8 Å². The summed E-state index contributed by atoms with van der Waals surface area (Å²) < 4.78 is 0. The smallest absolute Gasteiger partial charge is 0.326 e. The van der Waals surface area contributed by atoms with Crippen LogP contribution in [0.15, 0.2) is 36.4 Å². The summed E-state index contributed by atoms with van der Waals surface area (Å²) in [6.07, 6.45) is 4.79. The van der Waals surface area contributed by atoms with Crippen LogP contribution in [0.2, 0.25) is 10.0 Å². The van der Waals surface area contributed by atoms with Crippen LogP contribution in [0.3, 0.4) is 0 Å². The van der Waals surface area contributed by atoms with E-state index in [1.165, 1.54) is 6.07 Å². The van der Waals surface area contributed by atoms with E-state index in [0.717, 1.165) is 31.2 Å². The zero-order chi connectivity index (χ0) is 21.4. The topological polar surface area (TPSA) is 122 Å². The van der Waals surface area contributed by atoms with Gasteiger partial charge >= 0.3 is 5.97 Å². The number of phenolic OH excluding ortho intramolecular Hbond substituents is 1. The highest BCUT2D eigenvalue weighted by molar-refractivity contribution is 6.37. The molecule has 1 amide bonds. The summed E-state index contributed by atoms with van der Waals surface area (Å²) in [5.41, 5.74) is 1.22. The Morgan fingerprint density at radius 1 is 1.10 bits per heavy atom. The standard InChI is InChI=1S/C22H25Cl2NO4.H3N/c1-2-3-4-8-11-15-17(23)13-16(20(26)19(15)24)21(27)25-18(22(28)29)12-14-9-6-5-7-10-14;/h5-7,9-10,13,18,26H,2-4,8,11-12H2,1H3,(H,25,27)(H,28,29);1H3/t18-;/m0./s1. The molecule has 0 aliphatic heterocycles. The predicted molar refractivity (Wildman–Crippen MR) is 120 cm³/mol. The number of unbranched alkanes of at least 4 members (excludes halogenated alkanes) is 3. The van der Waals surface area contributed by atoms with Crippen molar-refractivity contribution >= 4 is 35.1 Å². The molecule has 0 saturated carbocycles. The minimum absolute atomic E-state index is 0. The van der Waals surface area contributed by atoms with Crippen LogP contribution < -0.4 is 11.5 Å². The van der Waals surface area contributed by atoms with Crippen molar-refractivity contribution in [3.05, 3.63) is 63.1 Å². The minimum atomic E-state index is -1.17. The number of nitrogens with one attached hydrogen (secondary N) is 1. The van der Waals surface area contributed by atoms with Crippen molar-refractivity contribution in [2.45, 2.75) is 51.5 Å². The number of carbonyl (C=O) groups is 2. The number of carboxylic acid groups (broad SMARTS) is 1. The van der Waals surface area contributed by atoms with E-state index in [2.05, 4.69) is 12.2 Å². The fourth-order valence-corrected chi connectivity index (χ4v) is 3.71. The lowest BCUT2D eigenvalue weighted by Crippen LogP contribution is -2.42. The van der Waals surface area contributed by atoms with Crippen LogP contribution in [-0.2, 0) is 17.6 Å². The van der Waals surface area contributed by atoms with Crippen LogP contribution in [0.1, 0.15) is 54.1 Å². The first kappa shape index (κ1) is 25.8. The molecule has 0 heterocycles. The lowest BCUT2D eigenvalue weighted by Gasteiger charge is -2.17. The van der Waals surface area contributed by atoms with E-state index >= 15 is 0 Å². The van der Waals surface area contributed by atoms with E-state index in [1.807, 2.05) is 6.07 Å². The van der Waals surface area contributed by atoms with E-state index < -0.39 is 17.9 Å². The van der Waals surface area contributed by atoms with E-state index in [9.17, 15) is 19.8 Å². The number of rotatable bonds is 10. The first-order valence-electron chi connectivity index (χ1n) is 9.62. The second-order valence-electron chi connectivity index (χ2n) is 6.91. The van der Waals surface area contributed by atoms with Crippen molar-refractivity contribution in [2.75, 3.05) is 0 Å². The third kappa shape index (κ3) is 6.90. The van der Waals surface area contributed by atoms with Gasteiger partial charge < -0.3 is 21.7 Å². The molecule has 6 N–H and O–H groups in total. The van der Waals surface area contributed by atoms with Gasteiger partial charge in [0.2, 0.25) is 0 Å². The molecule has 30 heavy (non-hydrogen) atoms. The van der Waals surface area contributed by atoms with E-state index in [0.29, 0.717) is 12.0 Å². The van der Waals surface area contributed by atoms with Gasteiger partial charge in [0.05, 0.1) is 10.6 Å². The maximum absolute atomic E-state index is 12.6. The number of aliphatic carboxylic acids is 1. The molecule has 0 radical (unpaired) electrons. The molecule has 0 unspecified atom stereocenters. The van der Waals surface area contributed by atoms with Crippen LogP contribution in [-0.4, -0.2) is 28.1 Å². The highest BCUT2D eigenvalue weighted by Gasteiger charge is 2.25. The maximum Gasteiger partial charge on any atom is 0.326 e. The molecule has 0 fully saturated rings. The number of aromatic hydroxyl groups is 1. The van der Waals surface area contributed by atoms with Gasteiger partial charge in [-0.2, -0.15) is 0 Å². The Labute approximate surface area is 186 Å². The van der Waals surface area contributed by atoms with Gasteiger partial charge in [0.15, 0.2) is 0 Å². The number of carboxylic acids is 1. The molecule has 0 spiro atoms. The second kappa shape index (κ2) is 12.4. The van der Waals surface area contributed by atoms with Crippen molar-refractivity contribution in [1.29, 1.82) is 0 Å². The van der Waals surface area contributed by atoms with Gasteiger partial charge in [-0.1, -0.05) is 79.7 Å². The monoisotopic (exact) mass is 454 g/mol. The summed E-state index contributed by atoms with van der Waals surface area (Å²) in [4.78, 5) is 24.2. The van der Waals surface area contributed by atoms with Gasteiger partial charge in [-0.25, -0.2) is 4.79 Å². The van der Waals surface area contributed by atoms with Gasteiger partial charge in [0.25, 0.3) is 5.91 Å². The van der Waals surface area contributed by atoms with Crippen molar-refractivity contribution in [2.24, 2.45) is 0 Å². The van der Waals surface area contributed by atoms with Gasteiger partial charge in [-0.05, 0) is 30.0 Å². The Hall–Kier alpha value is -2.28. The highest BCUT2D eigenvalue weighted by Crippen LogP contribution is 2.37. The number of hydrogen-bond donors (Lipinski definition) is 4. The minimum Gasteiger partial charge on any atom is -0.506 e. The fourth-order valence-electron chi connectivity index (χ4n) is 3.06. The van der Waals surface area contributed by atoms with Crippen molar-refractivity contribution in [3.8, 4) is 5.75 Å². The Balaban J connectivity index is 0.00000450. The van der Waals surface area contributed by atoms with Crippen LogP contribution in [0.5, 0.6) is 5.75 Å². The summed E-state index contributed by atoms with van der Waals surface area (Å²) in [6, 6.07) is 9.15. The molecular formula is C22H28Cl2N2O4. The summed E-state index contributed by atoms with van der Waals surface area (Å²) in [5, 5.41) is 22.6. The molecule has 2 aromatic carbocycles.